The number of hydrogen-bond donors (Lipinski definition) is 2. The zero-order chi connectivity index (χ0) is 31.5. The van der Waals surface area contributed by atoms with Crippen LogP contribution in [-0.2, 0) is 4.74 Å². The van der Waals surface area contributed by atoms with Crippen molar-refractivity contribution in [2.75, 3.05) is 38.7 Å². The number of amides is 2. The van der Waals surface area contributed by atoms with Gasteiger partial charge in [-0.2, -0.15) is 4.98 Å². The fourth-order valence-electron chi connectivity index (χ4n) is 4.80. The number of ether oxygens (including phenoxy) is 3. The van der Waals surface area contributed by atoms with Crippen molar-refractivity contribution in [2.45, 2.75) is 25.9 Å². The summed E-state index contributed by atoms with van der Waals surface area (Å²) in [6, 6.07) is 8.12. The van der Waals surface area contributed by atoms with Gasteiger partial charge < -0.3 is 24.2 Å². The lowest BCUT2D eigenvalue weighted by Gasteiger charge is -2.29. The summed E-state index contributed by atoms with van der Waals surface area (Å²) in [5.41, 5.74) is 3.90. The summed E-state index contributed by atoms with van der Waals surface area (Å²) in [7, 11) is 1.52. The molecule has 6 rings (SSSR count). The van der Waals surface area contributed by atoms with Gasteiger partial charge in [-0.3, -0.25) is 10.1 Å². The fraction of sp³-hybridized carbons (Fsp3) is 0.300. The van der Waals surface area contributed by atoms with Crippen LogP contribution in [0.5, 0.6) is 11.8 Å². The van der Waals surface area contributed by atoms with Crippen LogP contribution < -0.4 is 14.8 Å². The second-order valence-corrected chi connectivity index (χ2v) is 11.3. The van der Waals surface area contributed by atoms with Gasteiger partial charge in [-0.25, -0.2) is 29.1 Å². The molecule has 15 heteroatoms. The number of piperidine rings is 1. The summed E-state index contributed by atoms with van der Waals surface area (Å²) < 4.78 is 30.6. The number of nitrogens with zero attached hydrogens (tertiary/aromatic N) is 6. The Hall–Kier alpha value is -5.02. The SMILES string of the molecule is COc1cnc2c(-c3nc4cc(F)c(OCCOC(=O)Nc5ccc(C(=O)N6CCC(O)CC6)nc5)nc4s3)cc(C)cc2n1. The molecule has 1 fully saturated rings. The molecule has 0 spiro atoms. The van der Waals surface area contributed by atoms with Crippen molar-refractivity contribution in [3.05, 3.63) is 59.8 Å². The number of nitrogens with one attached hydrogen (secondary N) is 1. The van der Waals surface area contributed by atoms with Crippen molar-refractivity contribution in [1.82, 2.24) is 29.8 Å². The second kappa shape index (κ2) is 12.9. The monoisotopic (exact) mass is 633 g/mol. The third-order valence-electron chi connectivity index (χ3n) is 7.05. The van der Waals surface area contributed by atoms with E-state index in [0.717, 1.165) is 11.1 Å². The van der Waals surface area contributed by atoms with Crippen molar-refractivity contribution in [1.29, 1.82) is 0 Å². The van der Waals surface area contributed by atoms with Crippen LogP contribution in [0.1, 0.15) is 28.9 Å². The fourth-order valence-corrected chi connectivity index (χ4v) is 5.73. The van der Waals surface area contributed by atoms with Crippen molar-refractivity contribution < 1.29 is 33.3 Å². The van der Waals surface area contributed by atoms with E-state index in [-0.39, 0.29) is 36.8 Å². The quantitative estimate of drug-likeness (QED) is 0.233. The number of carbonyl (C=O) groups excluding carboxylic acids is 2. The van der Waals surface area contributed by atoms with E-state index in [4.69, 9.17) is 14.2 Å². The van der Waals surface area contributed by atoms with Gasteiger partial charge in [0.1, 0.15) is 34.3 Å². The average Bonchev–Trinajstić information content (AvgIpc) is 3.45. The molecular weight excluding hydrogens is 605 g/mol. The van der Waals surface area contributed by atoms with Crippen LogP contribution in [0, 0.1) is 12.7 Å². The highest BCUT2D eigenvalue weighted by molar-refractivity contribution is 7.21. The van der Waals surface area contributed by atoms with Gasteiger partial charge in [0.05, 0.1) is 42.3 Å². The van der Waals surface area contributed by atoms with Crippen molar-refractivity contribution >= 4 is 50.4 Å². The normalized spacial score (nSPS) is 13.6. The summed E-state index contributed by atoms with van der Waals surface area (Å²) in [5, 5.41) is 12.7. The molecule has 13 nitrogen and oxygen atoms in total. The van der Waals surface area contributed by atoms with Gasteiger partial charge in [0.2, 0.25) is 5.88 Å². The van der Waals surface area contributed by atoms with Crippen LogP contribution in [0.3, 0.4) is 0 Å². The molecule has 1 saturated heterocycles. The van der Waals surface area contributed by atoms with Crippen LogP contribution in [0.4, 0.5) is 14.9 Å². The Morgan fingerprint density at radius 2 is 1.89 bits per heavy atom. The molecule has 0 atom stereocenters. The van der Waals surface area contributed by atoms with E-state index in [1.165, 1.54) is 49.0 Å². The summed E-state index contributed by atoms with van der Waals surface area (Å²) >= 11 is 1.26. The Morgan fingerprint density at radius 3 is 2.64 bits per heavy atom. The number of aliphatic hydroxyl groups excluding tert-OH is 1. The lowest BCUT2D eigenvalue weighted by molar-refractivity contribution is 0.0541. The van der Waals surface area contributed by atoms with Crippen LogP contribution >= 0.6 is 11.3 Å². The Bertz CT molecular complexity index is 1880. The summed E-state index contributed by atoms with van der Waals surface area (Å²) in [6.45, 7) is 2.53. The average molecular weight is 634 g/mol. The number of anilines is 1. The van der Waals surface area contributed by atoms with Gasteiger partial charge in [0, 0.05) is 24.7 Å². The molecule has 0 bridgehead atoms. The van der Waals surface area contributed by atoms with Gasteiger partial charge in [0.25, 0.3) is 11.8 Å². The number of carbonyl (C=O) groups is 2. The van der Waals surface area contributed by atoms with Crippen LogP contribution in [0.15, 0.2) is 42.7 Å². The van der Waals surface area contributed by atoms with Crippen molar-refractivity contribution in [3.8, 4) is 22.3 Å². The number of aliphatic hydroxyl groups is 1. The predicted molar refractivity (Wildman–Crippen MR) is 163 cm³/mol. The van der Waals surface area contributed by atoms with E-state index in [1.807, 2.05) is 19.1 Å². The number of methoxy groups -OCH3 is 1. The zero-order valence-electron chi connectivity index (χ0n) is 24.3. The molecule has 5 heterocycles. The smallest absolute Gasteiger partial charge is 0.411 e. The first kappa shape index (κ1) is 30.0. The number of pyridine rings is 2. The summed E-state index contributed by atoms with van der Waals surface area (Å²) in [6.07, 6.45) is 2.78. The number of aromatic nitrogens is 5. The molecule has 1 aliphatic rings. The highest BCUT2D eigenvalue weighted by Gasteiger charge is 2.23. The third kappa shape index (κ3) is 6.73. The minimum Gasteiger partial charge on any atom is -0.480 e. The van der Waals surface area contributed by atoms with E-state index in [2.05, 4.69) is 30.2 Å². The van der Waals surface area contributed by atoms with Gasteiger partial charge in [-0.15, -0.1) is 0 Å². The molecule has 45 heavy (non-hydrogen) atoms. The zero-order valence-corrected chi connectivity index (χ0v) is 25.1. The third-order valence-corrected chi connectivity index (χ3v) is 8.05. The molecular formula is C30H28FN7O6S. The molecule has 4 aromatic heterocycles. The van der Waals surface area contributed by atoms with E-state index < -0.39 is 11.9 Å². The van der Waals surface area contributed by atoms with Gasteiger partial charge in [-0.05, 0) is 49.6 Å². The molecule has 2 amide bonds. The van der Waals surface area contributed by atoms with E-state index in [0.29, 0.717) is 63.9 Å². The Kier molecular flexibility index (Phi) is 8.62. The van der Waals surface area contributed by atoms with Crippen LogP contribution in [-0.4, -0.2) is 86.4 Å². The number of aryl methyl sites for hydroxylation is 1. The van der Waals surface area contributed by atoms with Crippen molar-refractivity contribution in [3.63, 3.8) is 0 Å². The Balaban J connectivity index is 1.04. The lowest BCUT2D eigenvalue weighted by Crippen LogP contribution is -2.40. The molecule has 0 saturated carbocycles. The number of benzene rings is 1. The first-order valence-electron chi connectivity index (χ1n) is 14.1. The topological polar surface area (TPSA) is 162 Å². The first-order chi connectivity index (χ1) is 21.8. The van der Waals surface area contributed by atoms with Crippen LogP contribution in [0.2, 0.25) is 0 Å². The van der Waals surface area contributed by atoms with Crippen molar-refractivity contribution in [2.24, 2.45) is 0 Å². The number of hydrogen-bond acceptors (Lipinski definition) is 12. The molecule has 0 unspecified atom stereocenters. The Morgan fingerprint density at radius 1 is 1.07 bits per heavy atom. The number of fused-ring (bicyclic) bond motifs is 2. The minimum absolute atomic E-state index is 0.148. The Labute approximate surface area is 260 Å². The number of likely N-dealkylation sites (tertiary alicyclic amines) is 1. The first-order valence-corrected chi connectivity index (χ1v) is 14.9. The molecule has 5 aromatic rings. The lowest BCUT2D eigenvalue weighted by atomic mass is 10.1. The largest absolute Gasteiger partial charge is 0.480 e. The molecule has 0 radical (unpaired) electrons. The van der Waals surface area contributed by atoms with E-state index in [1.54, 1.807) is 4.90 Å². The summed E-state index contributed by atoms with van der Waals surface area (Å²) in [5.74, 6) is -0.789. The predicted octanol–water partition coefficient (Wildman–Crippen LogP) is 4.38. The highest BCUT2D eigenvalue weighted by Crippen LogP contribution is 2.35. The number of thiazole rings is 1. The molecule has 1 aromatic carbocycles. The van der Waals surface area contributed by atoms with Gasteiger partial charge in [-0.1, -0.05) is 11.3 Å². The highest BCUT2D eigenvalue weighted by atomic mass is 32.1. The van der Waals surface area contributed by atoms with Gasteiger partial charge >= 0.3 is 6.09 Å². The molecule has 0 aliphatic carbocycles. The van der Waals surface area contributed by atoms with E-state index >= 15 is 0 Å². The van der Waals surface area contributed by atoms with Crippen LogP contribution in [0.25, 0.3) is 32.0 Å². The molecule has 2 N–H and O–H groups in total. The van der Waals surface area contributed by atoms with E-state index in [9.17, 15) is 19.1 Å². The summed E-state index contributed by atoms with van der Waals surface area (Å²) in [4.78, 5) is 48.8. The maximum Gasteiger partial charge on any atom is 0.411 e. The maximum atomic E-state index is 14.8. The standard InChI is InChI=1S/C30H28FN7O6S/c1-16-11-19(25-22(12-16)35-24(42-2)15-33-25)27-36-23-13-20(31)26(37-28(23)45-27)43-9-10-44-30(41)34-17-3-4-21(32-14-17)29(40)38-7-5-18(39)6-8-38/h3-4,11-15,18,39H,5-10H2,1-2H3,(H,34,41). The minimum atomic E-state index is -0.772. The second-order valence-electron chi connectivity index (χ2n) is 10.3. The molecule has 1 aliphatic heterocycles. The number of halogens is 1. The maximum absolute atomic E-state index is 14.8. The number of rotatable bonds is 8. The van der Waals surface area contributed by atoms with Gasteiger partial charge in [0.15, 0.2) is 5.82 Å². The molecule has 232 valence electrons.